The molecule has 15 heavy (non-hydrogen) atoms. The predicted octanol–water partition coefficient (Wildman–Crippen LogP) is -0.665. The molecule has 1 saturated heterocycles. The summed E-state index contributed by atoms with van der Waals surface area (Å²) in [6.07, 6.45) is 1.22. The van der Waals surface area contributed by atoms with Crippen LogP contribution < -0.4 is 0 Å². The maximum atomic E-state index is 11.8. The number of nitrogens with zero attached hydrogens (tertiary/aromatic N) is 2. The van der Waals surface area contributed by atoms with Gasteiger partial charge in [0.15, 0.2) is 0 Å². The number of sulfonamides is 1. The molecule has 1 heterocycles. The highest BCUT2D eigenvalue weighted by Gasteiger charge is 2.31. The first-order valence-corrected chi connectivity index (χ1v) is 6.83. The van der Waals surface area contributed by atoms with Crippen LogP contribution in [0.1, 0.15) is 12.8 Å². The van der Waals surface area contributed by atoms with Crippen LogP contribution in [0, 0.1) is 0 Å². The molecule has 1 N–H and O–H groups in total. The first-order chi connectivity index (χ1) is 6.97. The van der Waals surface area contributed by atoms with Gasteiger partial charge in [0.2, 0.25) is 10.0 Å². The average molecular weight is 236 g/mol. The molecule has 6 heteroatoms. The summed E-state index contributed by atoms with van der Waals surface area (Å²) >= 11 is 0. The molecule has 1 atom stereocenters. The van der Waals surface area contributed by atoms with Gasteiger partial charge in [0.1, 0.15) is 0 Å². The van der Waals surface area contributed by atoms with Crippen LogP contribution in [0.2, 0.25) is 0 Å². The van der Waals surface area contributed by atoms with E-state index in [0.717, 1.165) is 6.42 Å². The van der Waals surface area contributed by atoms with Crippen LogP contribution in [-0.4, -0.2) is 68.3 Å². The maximum absolute atomic E-state index is 11.8. The molecule has 0 saturated carbocycles. The van der Waals surface area contributed by atoms with Crippen molar-refractivity contribution in [2.75, 3.05) is 39.5 Å². The van der Waals surface area contributed by atoms with E-state index in [0.29, 0.717) is 25.6 Å². The summed E-state index contributed by atoms with van der Waals surface area (Å²) in [4.78, 5) is 2.06. The fourth-order valence-electron chi connectivity index (χ4n) is 1.76. The molecule has 1 unspecified atom stereocenters. The number of hydrogen-bond acceptors (Lipinski definition) is 4. The molecule has 0 amide bonds. The van der Waals surface area contributed by atoms with Crippen molar-refractivity contribution in [1.29, 1.82) is 0 Å². The number of likely N-dealkylation sites (N-methyl/N-ethyl adjacent to an activating group) is 1. The molecule has 0 radical (unpaired) electrons. The van der Waals surface area contributed by atoms with Crippen LogP contribution in [0.25, 0.3) is 0 Å². The second-order valence-electron chi connectivity index (χ2n) is 4.16. The topological polar surface area (TPSA) is 60.9 Å². The fourth-order valence-corrected chi connectivity index (χ4v) is 3.30. The summed E-state index contributed by atoms with van der Waals surface area (Å²) in [5.74, 6) is 0.0592. The van der Waals surface area contributed by atoms with E-state index in [-0.39, 0.29) is 12.4 Å². The average Bonchev–Trinajstić information content (AvgIpc) is 2.64. The van der Waals surface area contributed by atoms with Gasteiger partial charge in [0, 0.05) is 25.7 Å². The molecule has 5 nitrogen and oxygen atoms in total. The summed E-state index contributed by atoms with van der Waals surface area (Å²) in [6.45, 7) is 1.13. The van der Waals surface area contributed by atoms with E-state index in [1.54, 1.807) is 0 Å². The Kier molecular flexibility index (Phi) is 4.51. The van der Waals surface area contributed by atoms with Crippen molar-refractivity contribution < 1.29 is 13.5 Å². The van der Waals surface area contributed by atoms with Crippen molar-refractivity contribution in [2.24, 2.45) is 0 Å². The highest BCUT2D eigenvalue weighted by atomic mass is 32.2. The van der Waals surface area contributed by atoms with Gasteiger partial charge < -0.3 is 10.0 Å². The van der Waals surface area contributed by atoms with Gasteiger partial charge in [-0.1, -0.05) is 0 Å². The molecule has 0 aromatic carbocycles. The molecule has 0 bridgehead atoms. The van der Waals surface area contributed by atoms with Crippen molar-refractivity contribution in [2.45, 2.75) is 18.9 Å². The summed E-state index contributed by atoms with van der Waals surface area (Å²) in [5, 5.41) is 8.62. The number of aliphatic hydroxyl groups is 1. The summed E-state index contributed by atoms with van der Waals surface area (Å²) in [5.41, 5.74) is 0. The third kappa shape index (κ3) is 3.41. The molecule has 1 aliphatic heterocycles. The molecule has 0 spiro atoms. The minimum absolute atomic E-state index is 0.0592. The Balaban J connectivity index is 2.52. The first-order valence-electron chi connectivity index (χ1n) is 5.22. The first kappa shape index (κ1) is 12.9. The van der Waals surface area contributed by atoms with Gasteiger partial charge in [0.25, 0.3) is 0 Å². The largest absolute Gasteiger partial charge is 0.396 e. The van der Waals surface area contributed by atoms with Crippen molar-refractivity contribution in [3.05, 3.63) is 0 Å². The van der Waals surface area contributed by atoms with E-state index in [1.807, 2.05) is 14.1 Å². The van der Waals surface area contributed by atoms with Crippen molar-refractivity contribution >= 4 is 10.0 Å². The van der Waals surface area contributed by atoms with Crippen LogP contribution in [-0.2, 0) is 10.0 Å². The maximum Gasteiger partial charge on any atom is 0.214 e. The van der Waals surface area contributed by atoms with Gasteiger partial charge in [-0.25, -0.2) is 12.7 Å². The summed E-state index contributed by atoms with van der Waals surface area (Å²) in [6, 6.07) is 0.328. The number of aliphatic hydroxyl groups excluding tert-OH is 1. The van der Waals surface area contributed by atoms with Crippen LogP contribution in [0.4, 0.5) is 0 Å². The van der Waals surface area contributed by atoms with Crippen LogP contribution in [0.5, 0.6) is 0 Å². The second-order valence-corrected chi connectivity index (χ2v) is 6.25. The Morgan fingerprint density at radius 3 is 2.60 bits per heavy atom. The molecule has 1 rings (SSSR count). The Labute approximate surface area is 91.7 Å². The van der Waals surface area contributed by atoms with Crippen molar-refractivity contribution in [1.82, 2.24) is 9.21 Å². The lowest BCUT2D eigenvalue weighted by atomic mass is 10.2. The predicted molar refractivity (Wildman–Crippen MR) is 59.2 cm³/mol. The zero-order valence-electron chi connectivity index (χ0n) is 9.39. The van der Waals surface area contributed by atoms with Gasteiger partial charge in [-0.2, -0.15) is 0 Å². The zero-order valence-corrected chi connectivity index (χ0v) is 10.2. The quantitative estimate of drug-likeness (QED) is 0.688. The van der Waals surface area contributed by atoms with E-state index >= 15 is 0 Å². The van der Waals surface area contributed by atoms with E-state index in [2.05, 4.69) is 4.90 Å². The Bertz CT molecular complexity index is 290. The lowest BCUT2D eigenvalue weighted by Crippen LogP contribution is -2.35. The lowest BCUT2D eigenvalue weighted by Gasteiger charge is -2.20. The Hall–Kier alpha value is -0.170. The van der Waals surface area contributed by atoms with Gasteiger partial charge in [-0.05, 0) is 26.9 Å². The van der Waals surface area contributed by atoms with Gasteiger partial charge in [-0.3, -0.25) is 0 Å². The van der Waals surface area contributed by atoms with E-state index in [1.165, 1.54) is 4.31 Å². The van der Waals surface area contributed by atoms with Crippen molar-refractivity contribution in [3.63, 3.8) is 0 Å². The van der Waals surface area contributed by atoms with Crippen LogP contribution >= 0.6 is 0 Å². The number of rotatable bonds is 5. The standard InChI is InChI=1S/C9H20N2O3S/c1-10(2)9-4-5-11(8-9)15(13,14)7-3-6-12/h9,12H,3-8H2,1-2H3. The summed E-state index contributed by atoms with van der Waals surface area (Å²) in [7, 11) is 0.792. The highest BCUT2D eigenvalue weighted by molar-refractivity contribution is 7.89. The third-order valence-electron chi connectivity index (χ3n) is 2.81. The SMILES string of the molecule is CN(C)C1CCN(S(=O)(=O)CCCO)C1. The monoisotopic (exact) mass is 236 g/mol. The molecule has 0 aliphatic carbocycles. The molecule has 0 aromatic rings. The second kappa shape index (κ2) is 5.25. The van der Waals surface area contributed by atoms with E-state index in [4.69, 9.17) is 5.11 Å². The molecule has 1 aliphatic rings. The van der Waals surface area contributed by atoms with Gasteiger partial charge in [-0.15, -0.1) is 0 Å². The van der Waals surface area contributed by atoms with Crippen LogP contribution in [0.15, 0.2) is 0 Å². The lowest BCUT2D eigenvalue weighted by molar-refractivity contribution is 0.292. The normalized spacial score (nSPS) is 23.9. The molecule has 0 aromatic heterocycles. The number of hydrogen-bond donors (Lipinski definition) is 1. The molecular weight excluding hydrogens is 216 g/mol. The molecule has 1 fully saturated rings. The zero-order chi connectivity index (χ0) is 11.5. The van der Waals surface area contributed by atoms with Crippen LogP contribution in [0.3, 0.4) is 0 Å². The van der Waals surface area contributed by atoms with Gasteiger partial charge >= 0.3 is 0 Å². The fraction of sp³-hybridized carbons (Fsp3) is 1.00. The molecule has 90 valence electrons. The van der Waals surface area contributed by atoms with E-state index in [9.17, 15) is 8.42 Å². The third-order valence-corrected chi connectivity index (χ3v) is 4.73. The summed E-state index contributed by atoms with van der Waals surface area (Å²) < 4.78 is 25.0. The Morgan fingerprint density at radius 1 is 1.47 bits per heavy atom. The minimum Gasteiger partial charge on any atom is -0.396 e. The van der Waals surface area contributed by atoms with Gasteiger partial charge in [0.05, 0.1) is 5.75 Å². The van der Waals surface area contributed by atoms with E-state index < -0.39 is 10.0 Å². The molecular formula is C9H20N2O3S. The highest BCUT2D eigenvalue weighted by Crippen LogP contribution is 2.17. The Morgan fingerprint density at radius 2 is 2.13 bits per heavy atom. The van der Waals surface area contributed by atoms with Crippen molar-refractivity contribution in [3.8, 4) is 0 Å². The minimum atomic E-state index is -3.14. The smallest absolute Gasteiger partial charge is 0.214 e.